The maximum absolute atomic E-state index is 14.8. The summed E-state index contributed by atoms with van der Waals surface area (Å²) in [5.74, 6) is -2.01. The maximum atomic E-state index is 14.8. The number of halogens is 3. The van der Waals surface area contributed by atoms with Crippen LogP contribution in [0.2, 0.25) is 0 Å². The summed E-state index contributed by atoms with van der Waals surface area (Å²) in [6.07, 6.45) is 3.21. The second-order valence-corrected chi connectivity index (χ2v) is 7.68. The fraction of sp³-hybridized carbons (Fsp3) is 0.318. The second kappa shape index (κ2) is 7.81. The lowest BCUT2D eigenvalue weighted by molar-refractivity contribution is -0.0374. The number of hydrogen-bond acceptors (Lipinski definition) is 4. The number of hydrogen-bond donors (Lipinski definition) is 1. The van der Waals surface area contributed by atoms with Crippen LogP contribution >= 0.6 is 0 Å². The van der Waals surface area contributed by atoms with Crippen molar-refractivity contribution >= 4 is 10.9 Å². The van der Waals surface area contributed by atoms with Gasteiger partial charge in [-0.3, -0.25) is 4.68 Å². The average molecular weight is 429 g/mol. The van der Waals surface area contributed by atoms with Crippen LogP contribution < -0.4 is 0 Å². The van der Waals surface area contributed by atoms with E-state index >= 15 is 0 Å². The molecule has 0 fully saturated rings. The highest BCUT2D eigenvalue weighted by Gasteiger charge is 2.41. The van der Waals surface area contributed by atoms with Gasteiger partial charge in [-0.15, -0.1) is 0 Å². The molecular formula is C22H22F3N5O. The number of benzene rings is 2. The molecule has 2 atom stereocenters. The highest BCUT2D eigenvalue weighted by Crippen LogP contribution is 2.38. The summed E-state index contributed by atoms with van der Waals surface area (Å²) in [6.45, 7) is 5.20. The quantitative estimate of drug-likeness (QED) is 0.502. The number of nitrogens with zero attached hydrogens (tertiary/aromatic N) is 5. The Bertz CT molecular complexity index is 1240. The van der Waals surface area contributed by atoms with Crippen molar-refractivity contribution in [1.82, 2.24) is 24.5 Å². The van der Waals surface area contributed by atoms with Crippen molar-refractivity contribution in [2.75, 3.05) is 0 Å². The van der Waals surface area contributed by atoms with Gasteiger partial charge in [-0.05, 0) is 44.0 Å². The summed E-state index contributed by atoms with van der Waals surface area (Å²) in [7, 11) is 0. The zero-order valence-electron chi connectivity index (χ0n) is 17.4. The van der Waals surface area contributed by atoms with E-state index in [9.17, 15) is 18.3 Å². The molecule has 0 saturated heterocycles. The lowest BCUT2D eigenvalue weighted by Gasteiger charge is -2.35. The Hall–Kier alpha value is -3.20. The molecule has 0 saturated carbocycles. The molecule has 0 spiro atoms. The molecule has 0 unspecified atom stereocenters. The summed E-state index contributed by atoms with van der Waals surface area (Å²) in [5.41, 5.74) is 0.00596. The van der Waals surface area contributed by atoms with Crippen LogP contribution in [0.5, 0.6) is 0 Å². The largest absolute Gasteiger partial charge is 0.381 e. The summed E-state index contributed by atoms with van der Waals surface area (Å²) >= 11 is 0. The lowest BCUT2D eigenvalue weighted by atomic mass is 9.86. The average Bonchev–Trinajstić information content (AvgIpc) is 3.34. The van der Waals surface area contributed by atoms with Crippen molar-refractivity contribution in [3.05, 3.63) is 77.3 Å². The fourth-order valence-corrected chi connectivity index (χ4v) is 4.10. The van der Waals surface area contributed by atoms with Gasteiger partial charge in [0.05, 0.1) is 18.1 Å². The molecule has 0 bridgehead atoms. The molecule has 6 nitrogen and oxygen atoms in total. The minimum Gasteiger partial charge on any atom is -0.381 e. The molecule has 4 aromatic rings. The molecule has 0 radical (unpaired) electrons. The Balaban J connectivity index is 1.92. The first kappa shape index (κ1) is 21.0. The van der Waals surface area contributed by atoms with Gasteiger partial charge in [0.15, 0.2) is 0 Å². The molecule has 4 rings (SSSR count). The summed E-state index contributed by atoms with van der Waals surface area (Å²) in [4.78, 5) is 3.88. The van der Waals surface area contributed by atoms with Crippen LogP contribution in [0, 0.1) is 24.4 Å². The summed E-state index contributed by atoms with van der Waals surface area (Å²) in [5, 5.41) is 21.1. The van der Waals surface area contributed by atoms with E-state index in [1.807, 2.05) is 6.92 Å². The summed E-state index contributed by atoms with van der Waals surface area (Å²) in [6, 6.07) is 5.04. The number of fused-ring (bicyclic) bond motifs is 1. The Morgan fingerprint density at radius 1 is 1.13 bits per heavy atom. The molecule has 2 aromatic carbocycles. The van der Waals surface area contributed by atoms with E-state index in [0.717, 1.165) is 12.1 Å². The van der Waals surface area contributed by atoms with Crippen molar-refractivity contribution in [3.63, 3.8) is 0 Å². The van der Waals surface area contributed by atoms with E-state index in [1.54, 1.807) is 18.5 Å². The maximum Gasteiger partial charge on any atom is 0.137 e. The molecule has 31 heavy (non-hydrogen) atoms. The van der Waals surface area contributed by atoms with E-state index in [2.05, 4.69) is 15.2 Å². The molecule has 0 amide bonds. The molecule has 0 aliphatic carbocycles. The third-order valence-electron chi connectivity index (χ3n) is 5.72. The van der Waals surface area contributed by atoms with Gasteiger partial charge in [0.2, 0.25) is 0 Å². The van der Waals surface area contributed by atoms with Gasteiger partial charge in [0, 0.05) is 22.7 Å². The van der Waals surface area contributed by atoms with E-state index in [-0.39, 0.29) is 17.9 Å². The van der Waals surface area contributed by atoms with Crippen molar-refractivity contribution < 1.29 is 18.3 Å². The van der Waals surface area contributed by atoms with Crippen LogP contribution in [0.15, 0.2) is 43.0 Å². The third kappa shape index (κ3) is 3.59. The van der Waals surface area contributed by atoms with Crippen LogP contribution in [0.4, 0.5) is 13.2 Å². The predicted octanol–water partition coefficient (Wildman–Crippen LogP) is 4.06. The fourth-order valence-electron chi connectivity index (χ4n) is 4.10. The molecule has 0 aliphatic rings. The van der Waals surface area contributed by atoms with Crippen LogP contribution in [0.1, 0.15) is 36.7 Å². The lowest BCUT2D eigenvalue weighted by Crippen LogP contribution is -2.41. The Morgan fingerprint density at radius 3 is 2.55 bits per heavy atom. The van der Waals surface area contributed by atoms with E-state index in [1.165, 1.54) is 35.5 Å². The van der Waals surface area contributed by atoms with Crippen molar-refractivity contribution in [2.24, 2.45) is 0 Å². The topological polar surface area (TPSA) is 68.8 Å². The first-order valence-corrected chi connectivity index (χ1v) is 9.92. The third-order valence-corrected chi connectivity index (χ3v) is 5.72. The van der Waals surface area contributed by atoms with Gasteiger partial charge in [-0.25, -0.2) is 22.8 Å². The number of aliphatic hydroxyl groups is 1. The zero-order valence-corrected chi connectivity index (χ0v) is 17.4. The molecule has 1 N–H and O–H groups in total. The van der Waals surface area contributed by atoms with Crippen molar-refractivity contribution in [1.29, 1.82) is 0 Å². The van der Waals surface area contributed by atoms with Crippen LogP contribution in [0.3, 0.4) is 0 Å². The smallest absolute Gasteiger partial charge is 0.137 e. The second-order valence-electron chi connectivity index (χ2n) is 7.68. The number of aryl methyl sites for hydroxylation is 2. The normalized spacial score (nSPS) is 14.7. The van der Waals surface area contributed by atoms with Crippen molar-refractivity contribution in [2.45, 2.75) is 45.4 Å². The SMILES string of the molecule is CCc1c2cc(F)cc(C)c2nn1[C@H](C)[C@](O)(Cn1cncn1)c1ccc(F)cc1F. The molecule has 2 aromatic heterocycles. The Labute approximate surface area is 177 Å². The molecule has 162 valence electrons. The van der Waals surface area contributed by atoms with E-state index < -0.39 is 23.3 Å². The van der Waals surface area contributed by atoms with Gasteiger partial charge < -0.3 is 5.11 Å². The van der Waals surface area contributed by atoms with Gasteiger partial charge in [-0.2, -0.15) is 10.2 Å². The first-order chi connectivity index (χ1) is 14.7. The zero-order chi connectivity index (χ0) is 22.3. The van der Waals surface area contributed by atoms with Crippen LogP contribution in [0.25, 0.3) is 10.9 Å². The van der Waals surface area contributed by atoms with Gasteiger partial charge in [0.25, 0.3) is 0 Å². The Morgan fingerprint density at radius 2 is 1.90 bits per heavy atom. The van der Waals surface area contributed by atoms with E-state index in [4.69, 9.17) is 0 Å². The van der Waals surface area contributed by atoms with Gasteiger partial charge in [0.1, 0.15) is 35.7 Å². The molecule has 0 aliphatic heterocycles. The first-order valence-electron chi connectivity index (χ1n) is 9.92. The van der Waals surface area contributed by atoms with E-state index in [0.29, 0.717) is 28.6 Å². The summed E-state index contributed by atoms with van der Waals surface area (Å²) < 4.78 is 45.4. The van der Waals surface area contributed by atoms with Crippen molar-refractivity contribution in [3.8, 4) is 0 Å². The number of rotatable bonds is 6. The van der Waals surface area contributed by atoms with Gasteiger partial charge in [-0.1, -0.05) is 13.0 Å². The van der Waals surface area contributed by atoms with Crippen LogP contribution in [-0.2, 0) is 18.6 Å². The minimum absolute atomic E-state index is 0.0959. The molecule has 9 heteroatoms. The van der Waals surface area contributed by atoms with Gasteiger partial charge >= 0.3 is 0 Å². The minimum atomic E-state index is -1.86. The highest BCUT2D eigenvalue weighted by molar-refractivity contribution is 5.84. The predicted molar refractivity (Wildman–Crippen MR) is 109 cm³/mol. The van der Waals surface area contributed by atoms with Crippen LogP contribution in [-0.4, -0.2) is 29.7 Å². The number of aromatic nitrogens is 5. The standard InChI is InChI=1S/C22H22F3N5O/c1-4-20-17-8-16(24)7-13(2)21(17)28-30(20)14(3)22(31,10-29-12-26-11-27-29)18-6-5-15(23)9-19(18)25/h5-9,11-12,14,31H,4,10H2,1-3H3/t14-,22-/m1/s1. The molecule has 2 heterocycles. The highest BCUT2D eigenvalue weighted by atomic mass is 19.1. The Kier molecular flexibility index (Phi) is 5.30. The monoisotopic (exact) mass is 429 g/mol. The molecular weight excluding hydrogens is 407 g/mol.